The molecule has 3 aromatic rings. The molecule has 1 aliphatic heterocycles. The molecule has 7 heteroatoms. The molecule has 0 amide bonds. The molecule has 1 aliphatic rings. The third-order valence-electron chi connectivity index (χ3n) is 5.36. The van der Waals surface area contributed by atoms with Crippen LogP contribution in [0.3, 0.4) is 0 Å². The fourth-order valence-corrected chi connectivity index (χ4v) is 4.78. The van der Waals surface area contributed by atoms with Crippen molar-refractivity contribution in [3.63, 3.8) is 0 Å². The van der Waals surface area contributed by atoms with Gasteiger partial charge in [0.1, 0.15) is 0 Å². The number of rotatable bonds is 9. The molecule has 0 bridgehead atoms. The first-order valence-corrected chi connectivity index (χ1v) is 11.4. The Balaban J connectivity index is 1.37. The highest BCUT2D eigenvalue weighted by molar-refractivity contribution is 7.11. The van der Waals surface area contributed by atoms with Crippen LogP contribution in [0.4, 0.5) is 5.95 Å². The second kappa shape index (κ2) is 9.98. The van der Waals surface area contributed by atoms with Crippen LogP contribution in [-0.4, -0.2) is 44.1 Å². The van der Waals surface area contributed by atoms with Gasteiger partial charge >= 0.3 is 0 Å². The molecule has 29 heavy (non-hydrogen) atoms. The summed E-state index contributed by atoms with van der Waals surface area (Å²) >= 11 is 1.88. The number of anilines is 1. The van der Waals surface area contributed by atoms with Crippen molar-refractivity contribution in [1.82, 2.24) is 24.4 Å². The molecule has 0 aliphatic carbocycles. The van der Waals surface area contributed by atoms with Gasteiger partial charge in [0.25, 0.3) is 0 Å². The molecular formula is C22H30N6S. The molecule has 4 rings (SSSR count). The monoisotopic (exact) mass is 410 g/mol. The molecule has 0 spiro atoms. The number of nitrogens with zero attached hydrogens (tertiary/aromatic N) is 6. The molecule has 4 heterocycles. The van der Waals surface area contributed by atoms with Crippen LogP contribution in [0.15, 0.2) is 43.2 Å². The predicted molar refractivity (Wildman–Crippen MR) is 118 cm³/mol. The molecule has 0 radical (unpaired) electrons. The molecule has 1 saturated heterocycles. The standard InChI is InChI=1S/C22H30N6S/c1-19-6-7-21(29-19)17-27(10-5-9-26-13-8-23-18-26)16-20-14-24-22(25-15-20)28-11-3-2-4-12-28/h6-8,13-15,18H,2-5,9-12,16-17H2,1H3. The fraction of sp³-hybridized carbons (Fsp3) is 0.500. The Bertz CT molecular complexity index is 852. The summed E-state index contributed by atoms with van der Waals surface area (Å²) in [4.78, 5) is 21.1. The lowest BCUT2D eigenvalue weighted by molar-refractivity contribution is 0.250. The number of thiophene rings is 1. The van der Waals surface area contributed by atoms with E-state index in [4.69, 9.17) is 0 Å². The first kappa shape index (κ1) is 20.0. The van der Waals surface area contributed by atoms with Gasteiger partial charge in [0.15, 0.2) is 0 Å². The Morgan fingerprint density at radius 3 is 2.59 bits per heavy atom. The molecule has 6 nitrogen and oxygen atoms in total. The van der Waals surface area contributed by atoms with Crippen molar-refractivity contribution in [3.05, 3.63) is 58.6 Å². The number of aromatic nitrogens is 4. The summed E-state index contributed by atoms with van der Waals surface area (Å²) in [5.74, 6) is 0.883. The van der Waals surface area contributed by atoms with E-state index in [1.165, 1.54) is 34.6 Å². The number of imidazole rings is 1. The SMILES string of the molecule is Cc1ccc(CN(CCCn2ccnc2)Cc2cnc(N3CCCCC3)nc2)s1. The zero-order valence-corrected chi connectivity index (χ0v) is 18.0. The van der Waals surface area contributed by atoms with Crippen molar-refractivity contribution in [2.45, 2.75) is 52.2 Å². The van der Waals surface area contributed by atoms with Gasteiger partial charge in [0, 0.05) is 79.4 Å². The number of aryl methyl sites for hydroxylation is 2. The van der Waals surface area contributed by atoms with Crippen LogP contribution in [0.25, 0.3) is 0 Å². The maximum atomic E-state index is 4.67. The van der Waals surface area contributed by atoms with Crippen molar-refractivity contribution in [3.8, 4) is 0 Å². The van der Waals surface area contributed by atoms with Gasteiger partial charge in [-0.1, -0.05) is 0 Å². The molecule has 0 atom stereocenters. The van der Waals surface area contributed by atoms with Crippen molar-refractivity contribution in [2.24, 2.45) is 0 Å². The Morgan fingerprint density at radius 1 is 1.07 bits per heavy atom. The van der Waals surface area contributed by atoms with Crippen molar-refractivity contribution >= 4 is 17.3 Å². The van der Waals surface area contributed by atoms with Crippen LogP contribution in [0.1, 0.15) is 41.0 Å². The van der Waals surface area contributed by atoms with E-state index in [-0.39, 0.29) is 0 Å². The molecule has 1 fully saturated rings. The van der Waals surface area contributed by atoms with Gasteiger partial charge in [-0.25, -0.2) is 15.0 Å². The third-order valence-corrected chi connectivity index (χ3v) is 6.35. The van der Waals surface area contributed by atoms with Crippen molar-refractivity contribution < 1.29 is 0 Å². The Labute approximate surface area is 177 Å². The minimum atomic E-state index is 0.876. The summed E-state index contributed by atoms with van der Waals surface area (Å²) < 4.78 is 2.14. The van der Waals surface area contributed by atoms with Gasteiger partial charge in [0.05, 0.1) is 6.33 Å². The van der Waals surface area contributed by atoms with E-state index in [1.807, 2.05) is 42.5 Å². The highest BCUT2D eigenvalue weighted by Gasteiger charge is 2.14. The van der Waals surface area contributed by atoms with E-state index in [2.05, 4.69) is 48.4 Å². The smallest absolute Gasteiger partial charge is 0.225 e. The molecular weight excluding hydrogens is 380 g/mol. The quantitative estimate of drug-likeness (QED) is 0.531. The maximum absolute atomic E-state index is 4.67. The molecule has 0 saturated carbocycles. The van der Waals surface area contributed by atoms with Crippen molar-refractivity contribution in [1.29, 1.82) is 0 Å². The molecule has 3 aromatic heterocycles. The summed E-state index contributed by atoms with van der Waals surface area (Å²) in [5, 5.41) is 0. The first-order chi connectivity index (χ1) is 14.3. The Kier molecular flexibility index (Phi) is 6.90. The van der Waals surface area contributed by atoms with Crippen LogP contribution in [0.2, 0.25) is 0 Å². The fourth-order valence-electron chi connectivity index (χ4n) is 3.85. The van der Waals surface area contributed by atoms with E-state index < -0.39 is 0 Å². The minimum absolute atomic E-state index is 0.876. The van der Waals surface area contributed by atoms with E-state index in [0.29, 0.717) is 0 Å². The highest BCUT2D eigenvalue weighted by atomic mass is 32.1. The average Bonchev–Trinajstić information content (AvgIpc) is 3.41. The maximum Gasteiger partial charge on any atom is 0.225 e. The molecule has 0 unspecified atom stereocenters. The third kappa shape index (κ3) is 5.87. The lowest BCUT2D eigenvalue weighted by atomic mass is 10.1. The first-order valence-electron chi connectivity index (χ1n) is 10.6. The van der Waals surface area contributed by atoms with Gasteiger partial charge in [-0.3, -0.25) is 4.90 Å². The summed E-state index contributed by atoms with van der Waals surface area (Å²) in [7, 11) is 0. The summed E-state index contributed by atoms with van der Waals surface area (Å²) in [6.45, 7) is 8.20. The molecule has 0 N–H and O–H groups in total. The van der Waals surface area contributed by atoms with Gasteiger partial charge in [0.2, 0.25) is 5.95 Å². The van der Waals surface area contributed by atoms with Gasteiger partial charge in [-0.15, -0.1) is 11.3 Å². The van der Waals surface area contributed by atoms with Crippen LogP contribution in [0.5, 0.6) is 0 Å². The lowest BCUT2D eigenvalue weighted by Gasteiger charge is -2.27. The van der Waals surface area contributed by atoms with E-state index >= 15 is 0 Å². The van der Waals surface area contributed by atoms with E-state index in [9.17, 15) is 0 Å². The predicted octanol–water partition coefficient (Wildman–Crippen LogP) is 4.13. The number of hydrogen-bond acceptors (Lipinski definition) is 6. The number of hydrogen-bond donors (Lipinski definition) is 0. The van der Waals surface area contributed by atoms with Crippen LogP contribution in [0, 0.1) is 6.92 Å². The second-order valence-corrected chi connectivity index (χ2v) is 9.19. The van der Waals surface area contributed by atoms with Gasteiger partial charge < -0.3 is 9.47 Å². The van der Waals surface area contributed by atoms with Crippen LogP contribution >= 0.6 is 11.3 Å². The van der Waals surface area contributed by atoms with E-state index in [0.717, 1.165) is 51.6 Å². The normalized spacial score (nSPS) is 14.6. The Hall–Kier alpha value is -2.25. The summed E-state index contributed by atoms with van der Waals surface area (Å²) in [6.07, 6.45) is 14.7. The average molecular weight is 411 g/mol. The number of piperidine rings is 1. The second-order valence-electron chi connectivity index (χ2n) is 7.82. The summed E-state index contributed by atoms with van der Waals surface area (Å²) in [6, 6.07) is 4.46. The minimum Gasteiger partial charge on any atom is -0.341 e. The van der Waals surface area contributed by atoms with Gasteiger partial charge in [-0.2, -0.15) is 0 Å². The zero-order valence-electron chi connectivity index (χ0n) is 17.2. The Morgan fingerprint density at radius 2 is 1.90 bits per heavy atom. The topological polar surface area (TPSA) is 50.1 Å². The lowest BCUT2D eigenvalue weighted by Crippen LogP contribution is -2.31. The molecule has 0 aromatic carbocycles. The van der Waals surface area contributed by atoms with E-state index in [1.54, 1.807) is 0 Å². The largest absolute Gasteiger partial charge is 0.341 e. The van der Waals surface area contributed by atoms with Crippen LogP contribution in [-0.2, 0) is 19.6 Å². The van der Waals surface area contributed by atoms with Crippen molar-refractivity contribution in [2.75, 3.05) is 24.5 Å². The van der Waals surface area contributed by atoms with Crippen LogP contribution < -0.4 is 4.90 Å². The zero-order chi connectivity index (χ0) is 19.9. The highest BCUT2D eigenvalue weighted by Crippen LogP contribution is 2.19. The van der Waals surface area contributed by atoms with Gasteiger partial charge in [-0.05, 0) is 44.7 Å². The summed E-state index contributed by atoms with van der Waals surface area (Å²) in [5.41, 5.74) is 1.18. The molecule has 154 valence electrons.